The lowest BCUT2D eigenvalue weighted by Gasteiger charge is -2.26. The Bertz CT molecular complexity index is 425. The van der Waals surface area contributed by atoms with Crippen molar-refractivity contribution in [3.05, 3.63) is 40.9 Å². The summed E-state index contributed by atoms with van der Waals surface area (Å²) in [6.45, 7) is 3.27. The van der Waals surface area contributed by atoms with Crippen LogP contribution in [-0.4, -0.2) is 37.0 Å². The van der Waals surface area contributed by atoms with E-state index in [0.29, 0.717) is 5.02 Å². The third kappa shape index (κ3) is 3.32. The Morgan fingerprint density at radius 1 is 1.29 bits per heavy atom. The highest BCUT2D eigenvalue weighted by Crippen LogP contribution is 2.16. The standard InChI is InChI=1S/C13H15ClN2O/c14-12-4-2-1-3-11(12)5-6-13(17)16-9-7-15-8-10-16/h1-6,15H,7-10H2. The van der Waals surface area contributed by atoms with Gasteiger partial charge in [0.05, 0.1) is 0 Å². The lowest BCUT2D eigenvalue weighted by atomic mass is 10.2. The Morgan fingerprint density at radius 3 is 2.71 bits per heavy atom. The molecule has 90 valence electrons. The normalized spacial score (nSPS) is 16.4. The molecule has 1 aromatic carbocycles. The van der Waals surface area contributed by atoms with Crippen molar-refractivity contribution in [1.82, 2.24) is 10.2 Å². The zero-order valence-electron chi connectivity index (χ0n) is 9.53. The SMILES string of the molecule is O=C(C=Cc1ccccc1Cl)N1CCNCC1. The highest BCUT2D eigenvalue weighted by atomic mass is 35.5. The van der Waals surface area contributed by atoms with Crippen LogP contribution < -0.4 is 5.32 Å². The Balaban J connectivity index is 2.00. The van der Waals surface area contributed by atoms with E-state index in [1.807, 2.05) is 29.2 Å². The fourth-order valence-electron chi connectivity index (χ4n) is 1.76. The van der Waals surface area contributed by atoms with Crippen LogP contribution in [0, 0.1) is 0 Å². The predicted molar refractivity (Wildman–Crippen MR) is 69.9 cm³/mol. The van der Waals surface area contributed by atoms with Gasteiger partial charge in [0.15, 0.2) is 0 Å². The predicted octanol–water partition coefficient (Wildman–Crippen LogP) is 1.78. The van der Waals surface area contributed by atoms with Gasteiger partial charge in [0.25, 0.3) is 0 Å². The van der Waals surface area contributed by atoms with E-state index in [4.69, 9.17) is 11.6 Å². The molecular formula is C13H15ClN2O. The molecule has 17 heavy (non-hydrogen) atoms. The highest BCUT2D eigenvalue weighted by molar-refractivity contribution is 6.32. The van der Waals surface area contributed by atoms with E-state index in [0.717, 1.165) is 31.7 Å². The van der Waals surface area contributed by atoms with Crippen molar-refractivity contribution in [3.8, 4) is 0 Å². The molecule has 1 amide bonds. The summed E-state index contributed by atoms with van der Waals surface area (Å²) in [7, 11) is 0. The molecule has 0 atom stereocenters. The summed E-state index contributed by atoms with van der Waals surface area (Å²) in [5, 5.41) is 3.88. The summed E-state index contributed by atoms with van der Waals surface area (Å²) in [4.78, 5) is 13.7. The van der Waals surface area contributed by atoms with E-state index < -0.39 is 0 Å². The van der Waals surface area contributed by atoms with Crippen molar-refractivity contribution in [2.75, 3.05) is 26.2 Å². The highest BCUT2D eigenvalue weighted by Gasteiger charge is 2.13. The summed E-state index contributed by atoms with van der Waals surface area (Å²) in [6.07, 6.45) is 3.36. The molecule has 0 aromatic heterocycles. The van der Waals surface area contributed by atoms with Crippen molar-refractivity contribution in [1.29, 1.82) is 0 Å². The largest absolute Gasteiger partial charge is 0.337 e. The molecular weight excluding hydrogens is 236 g/mol. The lowest BCUT2D eigenvalue weighted by molar-refractivity contribution is -0.126. The Labute approximate surface area is 106 Å². The van der Waals surface area contributed by atoms with E-state index >= 15 is 0 Å². The average Bonchev–Trinajstić information content (AvgIpc) is 2.38. The van der Waals surface area contributed by atoms with Gasteiger partial charge in [0.2, 0.25) is 5.91 Å². The maximum Gasteiger partial charge on any atom is 0.246 e. The number of carbonyl (C=O) groups excluding carboxylic acids is 1. The van der Waals surface area contributed by atoms with E-state index in [2.05, 4.69) is 5.32 Å². The molecule has 1 aliphatic rings. The van der Waals surface area contributed by atoms with Crippen LogP contribution >= 0.6 is 11.6 Å². The van der Waals surface area contributed by atoms with Crippen molar-refractivity contribution >= 4 is 23.6 Å². The van der Waals surface area contributed by atoms with Crippen LogP contribution in [0.15, 0.2) is 30.3 Å². The molecule has 2 rings (SSSR count). The van der Waals surface area contributed by atoms with Crippen LogP contribution in [0.3, 0.4) is 0 Å². The molecule has 1 fully saturated rings. The summed E-state index contributed by atoms with van der Waals surface area (Å²) in [5.41, 5.74) is 0.873. The number of benzene rings is 1. The minimum atomic E-state index is 0.0476. The Hall–Kier alpha value is -1.32. The second-order valence-electron chi connectivity index (χ2n) is 3.93. The van der Waals surface area contributed by atoms with Gasteiger partial charge in [-0.15, -0.1) is 0 Å². The van der Waals surface area contributed by atoms with E-state index in [1.165, 1.54) is 0 Å². The van der Waals surface area contributed by atoms with Gasteiger partial charge in [-0.2, -0.15) is 0 Å². The summed E-state index contributed by atoms with van der Waals surface area (Å²) < 4.78 is 0. The van der Waals surface area contributed by atoms with E-state index in [1.54, 1.807) is 12.2 Å². The van der Waals surface area contributed by atoms with Crippen molar-refractivity contribution in [2.24, 2.45) is 0 Å². The third-order valence-electron chi connectivity index (χ3n) is 2.74. The van der Waals surface area contributed by atoms with Crippen LogP contribution in [-0.2, 0) is 4.79 Å². The van der Waals surface area contributed by atoms with E-state index in [-0.39, 0.29) is 5.91 Å². The molecule has 1 aliphatic heterocycles. The van der Waals surface area contributed by atoms with E-state index in [9.17, 15) is 4.79 Å². The minimum Gasteiger partial charge on any atom is -0.337 e. The third-order valence-corrected chi connectivity index (χ3v) is 3.08. The number of nitrogens with zero attached hydrogens (tertiary/aromatic N) is 1. The van der Waals surface area contributed by atoms with Gasteiger partial charge >= 0.3 is 0 Å². The number of piperazine rings is 1. The van der Waals surface area contributed by atoms with Crippen LogP contribution in [0.5, 0.6) is 0 Å². The van der Waals surface area contributed by atoms with Gasteiger partial charge in [-0.1, -0.05) is 29.8 Å². The molecule has 0 bridgehead atoms. The zero-order valence-corrected chi connectivity index (χ0v) is 10.3. The minimum absolute atomic E-state index is 0.0476. The number of amides is 1. The molecule has 1 N–H and O–H groups in total. The smallest absolute Gasteiger partial charge is 0.246 e. The molecule has 1 saturated heterocycles. The molecule has 3 nitrogen and oxygen atoms in total. The zero-order chi connectivity index (χ0) is 12.1. The van der Waals surface area contributed by atoms with Gasteiger partial charge in [0.1, 0.15) is 0 Å². The number of carbonyl (C=O) groups is 1. The first-order valence-corrected chi connectivity index (χ1v) is 6.07. The molecule has 0 aliphatic carbocycles. The quantitative estimate of drug-likeness (QED) is 0.812. The fourth-order valence-corrected chi connectivity index (χ4v) is 1.96. The summed E-state index contributed by atoms with van der Waals surface area (Å²) >= 11 is 6.01. The summed E-state index contributed by atoms with van der Waals surface area (Å²) in [6, 6.07) is 7.49. The number of halogens is 1. The van der Waals surface area contributed by atoms with Crippen molar-refractivity contribution in [3.63, 3.8) is 0 Å². The number of rotatable bonds is 2. The van der Waals surface area contributed by atoms with Gasteiger partial charge in [-0.05, 0) is 17.7 Å². The summed E-state index contributed by atoms with van der Waals surface area (Å²) in [5.74, 6) is 0.0476. The van der Waals surface area contributed by atoms with Crippen molar-refractivity contribution < 1.29 is 4.79 Å². The lowest BCUT2D eigenvalue weighted by Crippen LogP contribution is -2.45. The molecule has 0 radical (unpaired) electrons. The first-order chi connectivity index (χ1) is 8.27. The second kappa shape index (κ2) is 5.84. The molecule has 0 unspecified atom stereocenters. The molecule has 4 heteroatoms. The first kappa shape index (κ1) is 12.1. The first-order valence-electron chi connectivity index (χ1n) is 5.69. The monoisotopic (exact) mass is 250 g/mol. The van der Waals surface area contributed by atoms with Crippen LogP contribution in [0.4, 0.5) is 0 Å². The Morgan fingerprint density at radius 2 is 2.00 bits per heavy atom. The van der Waals surface area contributed by atoms with Crippen LogP contribution in [0.1, 0.15) is 5.56 Å². The molecule has 1 heterocycles. The maximum atomic E-state index is 11.9. The van der Waals surface area contributed by atoms with Crippen LogP contribution in [0.2, 0.25) is 5.02 Å². The maximum absolute atomic E-state index is 11.9. The average molecular weight is 251 g/mol. The van der Waals surface area contributed by atoms with Gasteiger partial charge < -0.3 is 10.2 Å². The van der Waals surface area contributed by atoms with Gasteiger partial charge in [-0.25, -0.2) is 0 Å². The fraction of sp³-hybridized carbons (Fsp3) is 0.308. The second-order valence-corrected chi connectivity index (χ2v) is 4.34. The van der Waals surface area contributed by atoms with Crippen LogP contribution in [0.25, 0.3) is 6.08 Å². The number of hydrogen-bond acceptors (Lipinski definition) is 2. The molecule has 1 aromatic rings. The Kier molecular flexibility index (Phi) is 4.18. The molecule has 0 spiro atoms. The van der Waals surface area contributed by atoms with Crippen molar-refractivity contribution in [2.45, 2.75) is 0 Å². The van der Waals surface area contributed by atoms with Gasteiger partial charge in [-0.3, -0.25) is 4.79 Å². The topological polar surface area (TPSA) is 32.3 Å². The molecule has 0 saturated carbocycles. The van der Waals surface area contributed by atoms with Gasteiger partial charge in [0, 0.05) is 37.3 Å². The number of nitrogens with one attached hydrogen (secondary N) is 1. The number of hydrogen-bond donors (Lipinski definition) is 1.